The highest BCUT2D eigenvalue weighted by Gasteiger charge is 2.21. The molecule has 5 nitrogen and oxygen atoms in total. The Kier molecular flexibility index (Phi) is 3.96. The second-order valence-corrected chi connectivity index (χ2v) is 5.60. The van der Waals surface area contributed by atoms with Crippen LogP contribution in [0, 0.1) is 12.3 Å². The summed E-state index contributed by atoms with van der Waals surface area (Å²) in [4.78, 5) is 9.02. The molecule has 1 aromatic heterocycles. The van der Waals surface area contributed by atoms with E-state index >= 15 is 0 Å². The summed E-state index contributed by atoms with van der Waals surface area (Å²) in [5.74, 6) is 0.892. The molecule has 114 valence electrons. The Morgan fingerprint density at radius 2 is 1.82 bits per heavy atom. The Labute approximate surface area is 130 Å². The van der Waals surface area contributed by atoms with Crippen molar-refractivity contribution in [2.45, 2.75) is 6.92 Å². The van der Waals surface area contributed by atoms with Gasteiger partial charge >= 0.3 is 0 Å². The van der Waals surface area contributed by atoms with Gasteiger partial charge in [-0.15, -0.1) is 0 Å². The van der Waals surface area contributed by atoms with Crippen LogP contribution in [0.15, 0.2) is 42.6 Å². The van der Waals surface area contributed by atoms with E-state index in [-0.39, 0.29) is 5.84 Å². The molecule has 0 unspecified atom stereocenters. The van der Waals surface area contributed by atoms with Gasteiger partial charge in [0, 0.05) is 38.1 Å². The first kappa shape index (κ1) is 14.4. The maximum Gasteiger partial charge on any atom is 0.139 e. The fourth-order valence-electron chi connectivity index (χ4n) is 2.86. The number of aryl methyl sites for hydroxylation is 1. The largest absolute Gasteiger partial charge is 0.384 e. The molecule has 0 bridgehead atoms. The number of nitrogens with two attached hydrogens (primary N) is 1. The molecule has 3 N–H and O–H groups in total. The van der Waals surface area contributed by atoms with Crippen molar-refractivity contribution >= 4 is 17.3 Å². The van der Waals surface area contributed by atoms with Crippen LogP contribution in [-0.4, -0.2) is 37.0 Å². The van der Waals surface area contributed by atoms with Crippen molar-refractivity contribution in [1.82, 2.24) is 4.98 Å². The normalized spacial score (nSPS) is 15.0. The topological polar surface area (TPSA) is 69.2 Å². The van der Waals surface area contributed by atoms with E-state index in [9.17, 15) is 0 Å². The standard InChI is InChI=1S/C17H21N5/c1-13-4-2-5-14(12-13)21-8-10-22(11-9-21)17-15(16(18)19)6-3-7-20-17/h2-7,12H,8-11H2,1H3,(H3,18,19). The first-order valence-electron chi connectivity index (χ1n) is 7.51. The summed E-state index contributed by atoms with van der Waals surface area (Å²) < 4.78 is 0. The minimum absolute atomic E-state index is 0.0733. The molecule has 0 saturated carbocycles. The van der Waals surface area contributed by atoms with Gasteiger partial charge in [0.1, 0.15) is 11.7 Å². The first-order valence-corrected chi connectivity index (χ1v) is 7.51. The zero-order valence-corrected chi connectivity index (χ0v) is 12.8. The van der Waals surface area contributed by atoms with Gasteiger partial charge in [0.05, 0.1) is 5.56 Å². The van der Waals surface area contributed by atoms with Crippen molar-refractivity contribution < 1.29 is 0 Å². The van der Waals surface area contributed by atoms with Crippen LogP contribution in [0.3, 0.4) is 0 Å². The molecule has 0 amide bonds. The van der Waals surface area contributed by atoms with E-state index in [0.717, 1.165) is 32.0 Å². The summed E-state index contributed by atoms with van der Waals surface area (Å²) in [5.41, 5.74) is 8.93. The summed E-state index contributed by atoms with van der Waals surface area (Å²) in [6, 6.07) is 12.3. The molecule has 2 aromatic rings. The van der Waals surface area contributed by atoms with Crippen molar-refractivity contribution in [3.8, 4) is 0 Å². The van der Waals surface area contributed by atoms with E-state index in [1.165, 1.54) is 11.3 Å². The van der Waals surface area contributed by atoms with Gasteiger partial charge in [0.15, 0.2) is 0 Å². The zero-order valence-electron chi connectivity index (χ0n) is 12.8. The number of piperazine rings is 1. The highest BCUT2D eigenvalue weighted by atomic mass is 15.3. The summed E-state index contributed by atoms with van der Waals surface area (Å²) >= 11 is 0. The summed E-state index contributed by atoms with van der Waals surface area (Å²) in [5, 5.41) is 7.69. The van der Waals surface area contributed by atoms with Crippen LogP contribution in [-0.2, 0) is 0 Å². The number of pyridine rings is 1. The average Bonchev–Trinajstić information content (AvgIpc) is 2.55. The monoisotopic (exact) mass is 295 g/mol. The third-order valence-corrected chi connectivity index (χ3v) is 4.02. The van der Waals surface area contributed by atoms with E-state index in [4.69, 9.17) is 11.1 Å². The minimum atomic E-state index is 0.0733. The number of hydrogen-bond acceptors (Lipinski definition) is 4. The molecule has 0 radical (unpaired) electrons. The quantitative estimate of drug-likeness (QED) is 0.671. The second kappa shape index (κ2) is 6.05. The number of nitrogens with zero attached hydrogens (tertiary/aromatic N) is 3. The fraction of sp³-hybridized carbons (Fsp3) is 0.294. The number of nitrogen functional groups attached to an aromatic ring is 1. The molecule has 1 aliphatic rings. The molecule has 1 aromatic carbocycles. The lowest BCUT2D eigenvalue weighted by Gasteiger charge is -2.37. The Morgan fingerprint density at radius 1 is 1.09 bits per heavy atom. The van der Waals surface area contributed by atoms with Crippen LogP contribution in [0.1, 0.15) is 11.1 Å². The molecule has 0 aliphatic carbocycles. The van der Waals surface area contributed by atoms with E-state index < -0.39 is 0 Å². The number of anilines is 2. The van der Waals surface area contributed by atoms with Crippen molar-refractivity contribution in [3.05, 3.63) is 53.7 Å². The maximum atomic E-state index is 7.69. The van der Waals surface area contributed by atoms with Crippen molar-refractivity contribution in [1.29, 1.82) is 5.41 Å². The molecular weight excluding hydrogens is 274 g/mol. The minimum Gasteiger partial charge on any atom is -0.384 e. The van der Waals surface area contributed by atoms with Crippen molar-refractivity contribution in [2.75, 3.05) is 36.0 Å². The Balaban J connectivity index is 1.73. The summed E-state index contributed by atoms with van der Waals surface area (Å²) in [7, 11) is 0. The summed E-state index contributed by atoms with van der Waals surface area (Å²) in [6.07, 6.45) is 1.76. The highest BCUT2D eigenvalue weighted by Crippen LogP contribution is 2.22. The molecule has 0 spiro atoms. The van der Waals surface area contributed by atoms with Crippen LogP contribution in [0.2, 0.25) is 0 Å². The number of aromatic nitrogens is 1. The molecule has 2 heterocycles. The van der Waals surface area contributed by atoms with E-state index in [1.807, 2.05) is 12.1 Å². The van der Waals surface area contributed by atoms with Gasteiger partial charge in [-0.25, -0.2) is 4.98 Å². The van der Waals surface area contributed by atoms with Crippen molar-refractivity contribution in [2.24, 2.45) is 5.73 Å². The van der Waals surface area contributed by atoms with Gasteiger partial charge in [0.2, 0.25) is 0 Å². The number of hydrogen-bond donors (Lipinski definition) is 2. The maximum absolute atomic E-state index is 7.69. The Bertz CT molecular complexity index is 674. The van der Waals surface area contributed by atoms with Crippen LogP contribution < -0.4 is 15.5 Å². The number of rotatable bonds is 3. The third-order valence-electron chi connectivity index (χ3n) is 4.02. The lowest BCUT2D eigenvalue weighted by atomic mass is 10.1. The van der Waals surface area contributed by atoms with Crippen LogP contribution in [0.5, 0.6) is 0 Å². The molecule has 0 atom stereocenters. The molecular formula is C17H21N5. The summed E-state index contributed by atoms with van der Waals surface area (Å²) in [6.45, 7) is 5.76. The lowest BCUT2D eigenvalue weighted by molar-refractivity contribution is 0.647. The molecule has 5 heteroatoms. The lowest BCUT2D eigenvalue weighted by Crippen LogP contribution is -2.47. The molecule has 1 saturated heterocycles. The van der Waals surface area contributed by atoms with Crippen LogP contribution >= 0.6 is 0 Å². The van der Waals surface area contributed by atoms with Gasteiger partial charge in [-0.3, -0.25) is 5.41 Å². The predicted octanol–water partition coefficient (Wildman–Crippen LogP) is 2.00. The predicted molar refractivity (Wildman–Crippen MR) is 90.9 cm³/mol. The van der Waals surface area contributed by atoms with Crippen molar-refractivity contribution in [3.63, 3.8) is 0 Å². The van der Waals surface area contributed by atoms with Gasteiger partial charge in [-0.2, -0.15) is 0 Å². The average molecular weight is 295 g/mol. The van der Waals surface area contributed by atoms with Crippen LogP contribution in [0.4, 0.5) is 11.5 Å². The SMILES string of the molecule is Cc1cccc(N2CCN(c3ncccc3C(=N)N)CC2)c1. The van der Waals surface area contributed by atoms with Gasteiger partial charge in [0.25, 0.3) is 0 Å². The highest BCUT2D eigenvalue weighted by molar-refractivity contribution is 5.99. The Hall–Kier alpha value is -2.56. The molecule has 22 heavy (non-hydrogen) atoms. The van der Waals surface area contributed by atoms with E-state index in [2.05, 4.69) is 46.0 Å². The smallest absolute Gasteiger partial charge is 0.139 e. The first-order chi connectivity index (χ1) is 10.6. The van der Waals surface area contributed by atoms with Gasteiger partial charge in [-0.05, 0) is 36.8 Å². The second-order valence-electron chi connectivity index (χ2n) is 5.60. The number of amidine groups is 1. The van der Waals surface area contributed by atoms with Crippen LogP contribution in [0.25, 0.3) is 0 Å². The Morgan fingerprint density at radius 3 is 2.50 bits per heavy atom. The molecule has 1 aliphatic heterocycles. The third kappa shape index (κ3) is 2.88. The van der Waals surface area contributed by atoms with Gasteiger partial charge < -0.3 is 15.5 Å². The number of nitrogens with one attached hydrogen (secondary N) is 1. The molecule has 3 rings (SSSR count). The van der Waals surface area contributed by atoms with E-state index in [1.54, 1.807) is 6.20 Å². The zero-order chi connectivity index (χ0) is 15.5. The van der Waals surface area contributed by atoms with Gasteiger partial charge in [-0.1, -0.05) is 12.1 Å². The van der Waals surface area contributed by atoms with E-state index in [0.29, 0.717) is 5.56 Å². The molecule has 1 fully saturated rings. The number of benzene rings is 1. The fourth-order valence-corrected chi connectivity index (χ4v) is 2.86.